The van der Waals surface area contributed by atoms with Crippen molar-refractivity contribution in [2.45, 2.75) is 12.8 Å². The molecule has 2 rings (SSSR count). The van der Waals surface area contributed by atoms with E-state index in [-0.39, 0.29) is 5.92 Å². The van der Waals surface area contributed by atoms with E-state index in [1.54, 1.807) is 0 Å². The van der Waals surface area contributed by atoms with Gasteiger partial charge in [0.05, 0.1) is 12.0 Å². The fourth-order valence-corrected chi connectivity index (χ4v) is 1.96. The number of benzene rings is 2. The topological polar surface area (TPSA) is 23.8 Å². The van der Waals surface area contributed by atoms with Gasteiger partial charge < -0.3 is 0 Å². The molecule has 94 valence electrons. The molecule has 2 aromatic carbocycles. The van der Waals surface area contributed by atoms with Gasteiger partial charge in [-0.1, -0.05) is 72.8 Å². The van der Waals surface area contributed by atoms with Gasteiger partial charge in [0, 0.05) is 0 Å². The van der Waals surface area contributed by atoms with E-state index in [1.165, 1.54) is 5.56 Å². The van der Waals surface area contributed by atoms with Crippen LogP contribution in [0, 0.1) is 17.2 Å². The number of hydrogen-bond acceptors (Lipinski definition) is 1. The van der Waals surface area contributed by atoms with Crippen molar-refractivity contribution in [3.63, 3.8) is 0 Å². The van der Waals surface area contributed by atoms with E-state index in [0.717, 1.165) is 18.4 Å². The zero-order chi connectivity index (χ0) is 13.3. The summed E-state index contributed by atoms with van der Waals surface area (Å²) in [5.41, 5.74) is 2.43. The van der Waals surface area contributed by atoms with E-state index in [0.29, 0.717) is 0 Å². The Bertz CT molecular complexity index is 549. The van der Waals surface area contributed by atoms with Gasteiger partial charge in [-0.2, -0.15) is 5.26 Å². The van der Waals surface area contributed by atoms with Gasteiger partial charge in [0.2, 0.25) is 0 Å². The molecule has 0 aliphatic rings. The van der Waals surface area contributed by atoms with Gasteiger partial charge in [0.1, 0.15) is 0 Å². The molecule has 0 spiro atoms. The number of aryl methyl sites for hydroxylation is 1. The number of hydrogen-bond donors (Lipinski definition) is 0. The minimum atomic E-state index is -0.0274. The summed E-state index contributed by atoms with van der Waals surface area (Å²) >= 11 is 0. The SMILES string of the molecule is N#CC(/C=C/c1ccccc1)CCc1ccccc1. The van der Waals surface area contributed by atoms with Crippen LogP contribution in [0.4, 0.5) is 0 Å². The van der Waals surface area contributed by atoms with Crippen LogP contribution in [0.2, 0.25) is 0 Å². The second-order valence-corrected chi connectivity index (χ2v) is 4.53. The lowest BCUT2D eigenvalue weighted by Gasteiger charge is -2.04. The Kier molecular flexibility index (Phi) is 4.96. The minimum absolute atomic E-state index is 0.0274. The standard InChI is InChI=1S/C18H17N/c19-15-18(13-11-16-7-3-1-4-8-16)14-12-17-9-5-2-6-10-17/h1-11,13,18H,12,14H2/b13-11+. The highest BCUT2D eigenvalue weighted by molar-refractivity contribution is 5.49. The molecule has 19 heavy (non-hydrogen) atoms. The number of nitrogens with zero attached hydrogens (tertiary/aromatic N) is 1. The second kappa shape index (κ2) is 7.18. The molecular formula is C18H17N. The summed E-state index contributed by atoms with van der Waals surface area (Å²) in [4.78, 5) is 0. The van der Waals surface area contributed by atoms with Crippen molar-refractivity contribution in [1.29, 1.82) is 5.26 Å². The van der Waals surface area contributed by atoms with Crippen LogP contribution in [0.15, 0.2) is 66.7 Å². The Labute approximate surface area is 114 Å². The Morgan fingerprint density at radius 3 is 2.21 bits per heavy atom. The fraction of sp³-hybridized carbons (Fsp3) is 0.167. The van der Waals surface area contributed by atoms with Gasteiger partial charge in [0.25, 0.3) is 0 Å². The second-order valence-electron chi connectivity index (χ2n) is 4.53. The van der Waals surface area contributed by atoms with Crippen LogP contribution in [0.25, 0.3) is 6.08 Å². The lowest BCUT2D eigenvalue weighted by Crippen LogP contribution is -1.95. The highest BCUT2D eigenvalue weighted by Crippen LogP contribution is 2.12. The summed E-state index contributed by atoms with van der Waals surface area (Å²) in [6.07, 6.45) is 5.83. The van der Waals surface area contributed by atoms with Gasteiger partial charge in [-0.3, -0.25) is 0 Å². The van der Waals surface area contributed by atoms with Crippen LogP contribution in [0.1, 0.15) is 17.5 Å². The molecule has 0 heterocycles. The summed E-state index contributed by atoms with van der Waals surface area (Å²) in [5.74, 6) is -0.0274. The minimum Gasteiger partial charge on any atom is -0.198 e. The molecule has 0 aliphatic carbocycles. The van der Waals surface area contributed by atoms with E-state index in [4.69, 9.17) is 0 Å². The summed E-state index contributed by atoms with van der Waals surface area (Å²) in [6.45, 7) is 0. The van der Waals surface area contributed by atoms with E-state index in [1.807, 2.05) is 60.7 Å². The van der Waals surface area contributed by atoms with E-state index in [2.05, 4.69) is 18.2 Å². The number of rotatable bonds is 5. The van der Waals surface area contributed by atoms with Gasteiger partial charge in [-0.15, -0.1) is 0 Å². The maximum atomic E-state index is 9.18. The first kappa shape index (κ1) is 13.1. The van der Waals surface area contributed by atoms with E-state index < -0.39 is 0 Å². The summed E-state index contributed by atoms with van der Waals surface area (Å²) < 4.78 is 0. The van der Waals surface area contributed by atoms with Crippen molar-refractivity contribution in [3.05, 3.63) is 77.9 Å². The van der Waals surface area contributed by atoms with Crippen molar-refractivity contribution in [3.8, 4) is 6.07 Å². The molecule has 0 saturated carbocycles. The molecule has 0 saturated heterocycles. The molecule has 0 aromatic heterocycles. The number of allylic oxidation sites excluding steroid dienone is 1. The highest BCUT2D eigenvalue weighted by atomic mass is 14.3. The van der Waals surface area contributed by atoms with E-state index >= 15 is 0 Å². The third kappa shape index (κ3) is 4.44. The van der Waals surface area contributed by atoms with Crippen LogP contribution in [0.3, 0.4) is 0 Å². The molecular weight excluding hydrogens is 230 g/mol. The van der Waals surface area contributed by atoms with Gasteiger partial charge in [-0.25, -0.2) is 0 Å². The first-order chi connectivity index (χ1) is 9.38. The quantitative estimate of drug-likeness (QED) is 0.764. The van der Waals surface area contributed by atoms with Gasteiger partial charge in [0.15, 0.2) is 0 Å². The third-order valence-electron chi connectivity index (χ3n) is 3.07. The smallest absolute Gasteiger partial charge is 0.0697 e. The molecule has 2 aromatic rings. The molecule has 1 heteroatoms. The predicted molar refractivity (Wildman–Crippen MR) is 79.3 cm³/mol. The van der Waals surface area contributed by atoms with Crippen LogP contribution in [0.5, 0.6) is 0 Å². The average molecular weight is 247 g/mol. The molecule has 0 fully saturated rings. The fourth-order valence-electron chi connectivity index (χ4n) is 1.96. The molecule has 0 aliphatic heterocycles. The molecule has 0 radical (unpaired) electrons. The average Bonchev–Trinajstić information content (AvgIpc) is 2.49. The Morgan fingerprint density at radius 1 is 0.947 bits per heavy atom. The first-order valence-electron chi connectivity index (χ1n) is 6.55. The Balaban J connectivity index is 1.91. The third-order valence-corrected chi connectivity index (χ3v) is 3.07. The van der Waals surface area contributed by atoms with Crippen molar-refractivity contribution in [1.82, 2.24) is 0 Å². The molecule has 0 bridgehead atoms. The molecule has 1 atom stereocenters. The number of nitriles is 1. The first-order valence-corrected chi connectivity index (χ1v) is 6.55. The van der Waals surface area contributed by atoms with Crippen LogP contribution < -0.4 is 0 Å². The summed E-state index contributed by atoms with van der Waals surface area (Å²) in [6, 6.07) is 22.8. The summed E-state index contributed by atoms with van der Waals surface area (Å²) in [7, 11) is 0. The van der Waals surface area contributed by atoms with Gasteiger partial charge in [-0.05, 0) is 24.0 Å². The predicted octanol–water partition coefficient (Wildman–Crippen LogP) is 4.47. The molecule has 0 amide bonds. The Hall–Kier alpha value is -2.33. The zero-order valence-corrected chi connectivity index (χ0v) is 10.9. The van der Waals surface area contributed by atoms with Crippen LogP contribution in [-0.4, -0.2) is 0 Å². The highest BCUT2D eigenvalue weighted by Gasteiger charge is 2.03. The normalized spacial score (nSPS) is 12.2. The lowest BCUT2D eigenvalue weighted by molar-refractivity contribution is 0.722. The van der Waals surface area contributed by atoms with Crippen molar-refractivity contribution in [2.75, 3.05) is 0 Å². The van der Waals surface area contributed by atoms with Crippen molar-refractivity contribution >= 4 is 6.08 Å². The van der Waals surface area contributed by atoms with E-state index in [9.17, 15) is 5.26 Å². The molecule has 0 N–H and O–H groups in total. The van der Waals surface area contributed by atoms with Gasteiger partial charge >= 0.3 is 0 Å². The Morgan fingerprint density at radius 2 is 1.58 bits per heavy atom. The van der Waals surface area contributed by atoms with Crippen molar-refractivity contribution in [2.24, 2.45) is 5.92 Å². The summed E-state index contributed by atoms with van der Waals surface area (Å²) in [5, 5.41) is 9.18. The monoisotopic (exact) mass is 247 g/mol. The largest absolute Gasteiger partial charge is 0.198 e. The van der Waals surface area contributed by atoms with Crippen LogP contribution >= 0.6 is 0 Å². The lowest BCUT2D eigenvalue weighted by atomic mass is 9.99. The molecule has 1 nitrogen and oxygen atoms in total. The maximum Gasteiger partial charge on any atom is 0.0697 e. The van der Waals surface area contributed by atoms with Crippen LogP contribution in [-0.2, 0) is 6.42 Å². The molecule has 1 unspecified atom stereocenters. The maximum absolute atomic E-state index is 9.18. The van der Waals surface area contributed by atoms with Crippen molar-refractivity contribution < 1.29 is 0 Å². The zero-order valence-electron chi connectivity index (χ0n) is 10.9.